The van der Waals surface area contributed by atoms with Gasteiger partial charge in [-0.15, -0.1) is 11.6 Å². The number of rotatable bonds is 14. The van der Waals surface area contributed by atoms with Crippen LogP contribution in [0.15, 0.2) is 0 Å². The summed E-state index contributed by atoms with van der Waals surface area (Å²) in [5, 5.41) is -0.118. The van der Waals surface area contributed by atoms with Crippen LogP contribution in [0.4, 0.5) is 0 Å². The average molecular weight is 320 g/mol. The van der Waals surface area contributed by atoms with Crippen molar-refractivity contribution in [2.24, 2.45) is 0 Å². The van der Waals surface area contributed by atoms with Gasteiger partial charge < -0.3 is 9.64 Å². The molecule has 1 amide bonds. The smallest absolute Gasteiger partial charge is 0.222 e. The zero-order valence-corrected chi connectivity index (χ0v) is 15.0. The van der Waals surface area contributed by atoms with E-state index in [2.05, 4.69) is 6.92 Å². The molecule has 4 heteroatoms. The van der Waals surface area contributed by atoms with E-state index in [1.807, 2.05) is 7.05 Å². The van der Waals surface area contributed by atoms with E-state index < -0.39 is 0 Å². The minimum absolute atomic E-state index is 0.118. The van der Waals surface area contributed by atoms with Crippen LogP contribution in [0.2, 0.25) is 0 Å². The highest BCUT2D eigenvalue weighted by atomic mass is 35.5. The molecule has 0 fully saturated rings. The summed E-state index contributed by atoms with van der Waals surface area (Å²) in [6.07, 6.45) is 12.1. The molecule has 0 heterocycles. The van der Waals surface area contributed by atoms with Crippen LogP contribution in [0.1, 0.15) is 71.1 Å². The summed E-state index contributed by atoms with van der Waals surface area (Å²) < 4.78 is 4.97. The zero-order valence-electron chi connectivity index (χ0n) is 14.2. The van der Waals surface area contributed by atoms with Crippen LogP contribution in [0, 0.1) is 0 Å². The molecular formula is C17H34ClNO2. The molecule has 1 unspecified atom stereocenters. The van der Waals surface area contributed by atoms with Crippen molar-refractivity contribution >= 4 is 17.5 Å². The van der Waals surface area contributed by atoms with E-state index >= 15 is 0 Å². The molecule has 0 bridgehead atoms. The first-order valence-electron chi connectivity index (χ1n) is 8.48. The normalized spacial score (nSPS) is 12.4. The van der Waals surface area contributed by atoms with Gasteiger partial charge >= 0.3 is 0 Å². The summed E-state index contributed by atoms with van der Waals surface area (Å²) in [5.41, 5.74) is 0. The second-order valence-electron chi connectivity index (χ2n) is 5.91. The molecule has 0 aromatic heterocycles. The molecule has 1 atom stereocenters. The molecule has 0 spiro atoms. The summed E-state index contributed by atoms with van der Waals surface area (Å²) >= 11 is 6.06. The van der Waals surface area contributed by atoms with Gasteiger partial charge in [0, 0.05) is 27.1 Å². The Morgan fingerprint density at radius 1 is 1.05 bits per heavy atom. The minimum Gasteiger partial charge on any atom is -0.383 e. The monoisotopic (exact) mass is 319 g/mol. The van der Waals surface area contributed by atoms with Crippen LogP contribution in [0.5, 0.6) is 0 Å². The molecule has 3 nitrogen and oxygen atoms in total. The van der Waals surface area contributed by atoms with Gasteiger partial charge in [0.2, 0.25) is 5.91 Å². The van der Waals surface area contributed by atoms with Crippen LogP contribution in [0.3, 0.4) is 0 Å². The molecule has 0 saturated carbocycles. The van der Waals surface area contributed by atoms with Crippen molar-refractivity contribution in [3.8, 4) is 0 Å². The number of carbonyl (C=O) groups excluding carboxylic acids is 1. The van der Waals surface area contributed by atoms with Crippen LogP contribution < -0.4 is 0 Å². The van der Waals surface area contributed by atoms with Crippen molar-refractivity contribution in [3.05, 3.63) is 0 Å². The van der Waals surface area contributed by atoms with Crippen molar-refractivity contribution in [1.82, 2.24) is 4.90 Å². The fourth-order valence-corrected chi connectivity index (χ4v) is 2.74. The molecule has 0 aliphatic carbocycles. The molecule has 0 radical (unpaired) electrons. The molecule has 0 N–H and O–H groups in total. The third kappa shape index (κ3) is 13.1. The van der Waals surface area contributed by atoms with Crippen LogP contribution in [-0.2, 0) is 9.53 Å². The Bertz CT molecular complexity index is 249. The van der Waals surface area contributed by atoms with Gasteiger partial charge in [0.15, 0.2) is 0 Å². The highest BCUT2D eigenvalue weighted by Crippen LogP contribution is 2.11. The lowest BCUT2D eigenvalue weighted by Gasteiger charge is -2.20. The Morgan fingerprint density at radius 3 is 2.10 bits per heavy atom. The zero-order chi connectivity index (χ0) is 15.9. The Hall–Kier alpha value is -0.280. The van der Waals surface area contributed by atoms with Crippen LogP contribution >= 0.6 is 11.6 Å². The van der Waals surface area contributed by atoms with Crippen molar-refractivity contribution < 1.29 is 9.53 Å². The number of nitrogens with zero attached hydrogens (tertiary/aromatic N) is 1. The Balaban J connectivity index is 3.44. The molecule has 0 rings (SSSR count). The van der Waals surface area contributed by atoms with Gasteiger partial charge in [0.1, 0.15) is 0 Å². The van der Waals surface area contributed by atoms with Gasteiger partial charge in [-0.2, -0.15) is 0 Å². The van der Waals surface area contributed by atoms with Crippen LogP contribution in [0.25, 0.3) is 0 Å². The van der Waals surface area contributed by atoms with Crippen LogP contribution in [-0.4, -0.2) is 43.5 Å². The maximum Gasteiger partial charge on any atom is 0.222 e. The molecule has 0 aliphatic heterocycles. The lowest BCUT2D eigenvalue weighted by molar-refractivity contribution is -0.130. The second kappa shape index (κ2) is 14.6. The van der Waals surface area contributed by atoms with Crippen molar-refractivity contribution in [2.45, 2.75) is 76.5 Å². The number of carbonyl (C=O) groups is 1. The Kier molecular flexibility index (Phi) is 14.5. The first-order valence-corrected chi connectivity index (χ1v) is 8.92. The van der Waals surface area contributed by atoms with Crippen molar-refractivity contribution in [2.75, 3.05) is 27.3 Å². The molecular weight excluding hydrogens is 286 g/mol. The van der Waals surface area contributed by atoms with E-state index in [1.54, 1.807) is 12.0 Å². The first-order chi connectivity index (χ1) is 10.1. The minimum atomic E-state index is -0.118. The SMILES string of the molecule is CCCCCCCCCCCC(=O)N(C)CC(Cl)COC. The lowest BCUT2D eigenvalue weighted by atomic mass is 10.1. The fourth-order valence-electron chi connectivity index (χ4n) is 2.41. The Labute approximate surface area is 136 Å². The average Bonchev–Trinajstić information content (AvgIpc) is 2.45. The number of amides is 1. The third-order valence-corrected chi connectivity index (χ3v) is 4.00. The van der Waals surface area contributed by atoms with Crippen molar-refractivity contribution in [3.63, 3.8) is 0 Å². The van der Waals surface area contributed by atoms with Gasteiger partial charge in [-0.1, -0.05) is 58.3 Å². The highest BCUT2D eigenvalue weighted by Gasteiger charge is 2.13. The predicted molar refractivity (Wildman–Crippen MR) is 91.0 cm³/mol. The number of halogens is 1. The second-order valence-corrected chi connectivity index (χ2v) is 6.52. The maximum atomic E-state index is 11.9. The van der Waals surface area contributed by atoms with Gasteiger partial charge in [-0.25, -0.2) is 0 Å². The number of hydrogen-bond acceptors (Lipinski definition) is 2. The van der Waals surface area contributed by atoms with Gasteiger partial charge in [0.25, 0.3) is 0 Å². The highest BCUT2D eigenvalue weighted by molar-refractivity contribution is 6.21. The van der Waals surface area contributed by atoms with E-state index in [0.29, 0.717) is 19.6 Å². The van der Waals surface area contributed by atoms with E-state index in [-0.39, 0.29) is 11.3 Å². The van der Waals surface area contributed by atoms with Crippen molar-refractivity contribution in [1.29, 1.82) is 0 Å². The standard InChI is InChI=1S/C17H34ClNO2/c1-4-5-6-7-8-9-10-11-12-13-17(20)19(2)14-16(18)15-21-3/h16H,4-15H2,1-3H3. The summed E-state index contributed by atoms with van der Waals surface area (Å²) in [5.74, 6) is 0.194. The lowest BCUT2D eigenvalue weighted by Crippen LogP contribution is -2.33. The summed E-state index contributed by atoms with van der Waals surface area (Å²) in [6, 6.07) is 0. The first kappa shape index (κ1) is 20.7. The molecule has 126 valence electrons. The molecule has 0 aliphatic rings. The number of ether oxygens (including phenoxy) is 1. The number of hydrogen-bond donors (Lipinski definition) is 0. The number of methoxy groups -OCH3 is 1. The number of alkyl halides is 1. The molecule has 0 aromatic rings. The molecule has 0 aromatic carbocycles. The summed E-state index contributed by atoms with van der Waals surface area (Å²) in [4.78, 5) is 13.6. The number of unbranched alkanes of at least 4 members (excludes halogenated alkanes) is 8. The summed E-state index contributed by atoms with van der Waals surface area (Å²) in [6.45, 7) is 3.29. The third-order valence-electron chi connectivity index (χ3n) is 3.74. The quantitative estimate of drug-likeness (QED) is 0.345. The van der Waals surface area contributed by atoms with E-state index in [0.717, 1.165) is 12.8 Å². The Morgan fingerprint density at radius 2 is 1.57 bits per heavy atom. The van der Waals surface area contributed by atoms with Gasteiger partial charge in [-0.3, -0.25) is 4.79 Å². The van der Waals surface area contributed by atoms with E-state index in [9.17, 15) is 4.79 Å². The maximum absolute atomic E-state index is 11.9. The predicted octanol–water partition coefficient (Wildman–Crippen LogP) is 4.62. The summed E-state index contributed by atoms with van der Waals surface area (Å²) in [7, 11) is 3.44. The van der Waals surface area contributed by atoms with Gasteiger partial charge in [-0.05, 0) is 6.42 Å². The van der Waals surface area contributed by atoms with Gasteiger partial charge in [0.05, 0.1) is 12.0 Å². The largest absolute Gasteiger partial charge is 0.383 e. The molecule has 0 saturated heterocycles. The van der Waals surface area contributed by atoms with E-state index in [1.165, 1.54) is 44.9 Å². The van der Waals surface area contributed by atoms with E-state index in [4.69, 9.17) is 16.3 Å². The fraction of sp³-hybridized carbons (Fsp3) is 0.941. The molecule has 21 heavy (non-hydrogen) atoms. The topological polar surface area (TPSA) is 29.5 Å².